The molecule has 0 aliphatic heterocycles. The summed E-state index contributed by atoms with van der Waals surface area (Å²) in [7, 11) is 6.10. The molecule has 0 unspecified atom stereocenters. The minimum Gasteiger partial charge on any atom is -0.496 e. The van der Waals surface area contributed by atoms with Crippen LogP contribution in [-0.2, 0) is 4.74 Å². The molecule has 1 aromatic carbocycles. The van der Waals surface area contributed by atoms with E-state index in [9.17, 15) is 4.79 Å². The third-order valence-electron chi connectivity index (χ3n) is 2.20. The van der Waals surface area contributed by atoms with Crippen molar-refractivity contribution in [1.82, 2.24) is 0 Å². The number of methoxy groups -OCH3 is 3. The molecule has 88 valence electrons. The lowest BCUT2D eigenvalue weighted by atomic mass is 10.1. The monoisotopic (exact) mass is 225 g/mol. The fourth-order valence-electron chi connectivity index (χ4n) is 1.36. The lowest BCUT2D eigenvalue weighted by Crippen LogP contribution is -2.06. The zero-order valence-electron chi connectivity index (χ0n) is 9.79. The number of rotatable bonds is 4. The van der Waals surface area contributed by atoms with Gasteiger partial charge in [-0.1, -0.05) is 0 Å². The number of carbonyl (C=O) groups is 1. The van der Waals surface area contributed by atoms with Gasteiger partial charge in [-0.05, 0) is 6.07 Å². The van der Waals surface area contributed by atoms with Crippen LogP contribution in [0, 0.1) is 0 Å². The summed E-state index contributed by atoms with van der Waals surface area (Å²) in [6.07, 6.45) is 0. The van der Waals surface area contributed by atoms with Crippen LogP contribution in [0.5, 0.6) is 11.5 Å². The molecular weight excluding hydrogens is 210 g/mol. The van der Waals surface area contributed by atoms with E-state index in [0.717, 1.165) is 0 Å². The molecule has 5 heteroatoms. The molecule has 1 rings (SSSR count). The molecule has 0 aliphatic carbocycles. The predicted octanol–water partition coefficient (Wildman–Crippen LogP) is 1.53. The summed E-state index contributed by atoms with van der Waals surface area (Å²) < 4.78 is 14.9. The lowest BCUT2D eigenvalue weighted by molar-refractivity contribution is 0.0597. The van der Waals surface area contributed by atoms with Crippen LogP contribution in [0.3, 0.4) is 0 Å². The summed E-state index contributed by atoms with van der Waals surface area (Å²) in [5, 5.41) is 2.93. The molecule has 1 aromatic rings. The molecule has 0 saturated carbocycles. The van der Waals surface area contributed by atoms with Crippen molar-refractivity contribution in [2.45, 2.75) is 0 Å². The molecule has 0 spiro atoms. The highest BCUT2D eigenvalue weighted by Gasteiger charge is 2.16. The third-order valence-corrected chi connectivity index (χ3v) is 2.20. The van der Waals surface area contributed by atoms with Crippen molar-refractivity contribution >= 4 is 11.7 Å². The third kappa shape index (κ3) is 2.18. The van der Waals surface area contributed by atoms with Gasteiger partial charge in [-0.3, -0.25) is 0 Å². The van der Waals surface area contributed by atoms with E-state index in [1.165, 1.54) is 14.2 Å². The van der Waals surface area contributed by atoms with E-state index in [0.29, 0.717) is 22.7 Å². The first kappa shape index (κ1) is 12.2. The predicted molar refractivity (Wildman–Crippen MR) is 60.4 cm³/mol. The van der Waals surface area contributed by atoms with E-state index >= 15 is 0 Å². The molecule has 0 fully saturated rings. The van der Waals surface area contributed by atoms with Gasteiger partial charge in [-0.25, -0.2) is 4.79 Å². The van der Waals surface area contributed by atoms with Crippen LogP contribution in [0.1, 0.15) is 10.4 Å². The van der Waals surface area contributed by atoms with E-state index in [2.05, 4.69) is 10.1 Å². The molecule has 0 saturated heterocycles. The molecule has 1 N–H and O–H groups in total. The van der Waals surface area contributed by atoms with Crippen molar-refractivity contribution in [3.8, 4) is 11.5 Å². The van der Waals surface area contributed by atoms with Gasteiger partial charge < -0.3 is 19.5 Å². The second-order valence-corrected chi connectivity index (χ2v) is 2.99. The topological polar surface area (TPSA) is 56.8 Å². The van der Waals surface area contributed by atoms with E-state index < -0.39 is 5.97 Å². The number of nitrogens with one attached hydrogen (secondary N) is 1. The average molecular weight is 225 g/mol. The summed E-state index contributed by atoms with van der Waals surface area (Å²) in [5.74, 6) is 0.575. The van der Waals surface area contributed by atoms with Gasteiger partial charge in [0.15, 0.2) is 0 Å². The zero-order valence-corrected chi connectivity index (χ0v) is 9.79. The van der Waals surface area contributed by atoms with E-state index in [1.54, 1.807) is 26.3 Å². The van der Waals surface area contributed by atoms with Crippen LogP contribution < -0.4 is 14.8 Å². The minimum absolute atomic E-state index is 0.357. The van der Waals surface area contributed by atoms with Crippen LogP contribution in [0.4, 0.5) is 5.69 Å². The Kier molecular flexibility index (Phi) is 3.99. The Bertz CT molecular complexity index is 390. The molecule has 0 aromatic heterocycles. The number of anilines is 1. The highest BCUT2D eigenvalue weighted by atomic mass is 16.5. The van der Waals surface area contributed by atoms with Gasteiger partial charge in [-0.2, -0.15) is 0 Å². The number of ether oxygens (including phenoxy) is 3. The first-order chi connectivity index (χ1) is 7.67. The van der Waals surface area contributed by atoms with Crippen LogP contribution in [0.2, 0.25) is 0 Å². The van der Waals surface area contributed by atoms with Crippen LogP contribution >= 0.6 is 0 Å². The van der Waals surface area contributed by atoms with Crippen molar-refractivity contribution in [1.29, 1.82) is 0 Å². The summed E-state index contributed by atoms with van der Waals surface area (Å²) in [6.45, 7) is 0. The Balaban J connectivity index is 3.31. The van der Waals surface area contributed by atoms with Crippen molar-refractivity contribution in [2.24, 2.45) is 0 Å². The number of esters is 1. The Morgan fingerprint density at radius 2 is 1.75 bits per heavy atom. The van der Waals surface area contributed by atoms with Crippen molar-refractivity contribution < 1.29 is 19.0 Å². The summed E-state index contributed by atoms with van der Waals surface area (Å²) in [4.78, 5) is 11.5. The summed E-state index contributed by atoms with van der Waals surface area (Å²) in [6, 6.07) is 3.27. The van der Waals surface area contributed by atoms with Gasteiger partial charge in [0.05, 0.1) is 27.0 Å². The summed E-state index contributed by atoms with van der Waals surface area (Å²) in [5.41, 5.74) is 1.05. The van der Waals surface area contributed by atoms with Gasteiger partial charge in [0.1, 0.15) is 17.1 Å². The summed E-state index contributed by atoms with van der Waals surface area (Å²) >= 11 is 0. The smallest absolute Gasteiger partial charge is 0.341 e. The fraction of sp³-hybridized carbons (Fsp3) is 0.364. The van der Waals surface area contributed by atoms with Crippen LogP contribution in [0.15, 0.2) is 12.1 Å². The van der Waals surface area contributed by atoms with Crippen LogP contribution in [0.25, 0.3) is 0 Å². The molecule has 0 heterocycles. The quantitative estimate of drug-likeness (QED) is 0.787. The molecule has 0 amide bonds. The Hall–Kier alpha value is -1.91. The molecule has 16 heavy (non-hydrogen) atoms. The number of hydrogen-bond donors (Lipinski definition) is 1. The lowest BCUT2D eigenvalue weighted by Gasteiger charge is -2.13. The van der Waals surface area contributed by atoms with Gasteiger partial charge >= 0.3 is 5.97 Å². The van der Waals surface area contributed by atoms with Crippen LogP contribution in [-0.4, -0.2) is 34.3 Å². The maximum Gasteiger partial charge on any atom is 0.341 e. The zero-order chi connectivity index (χ0) is 12.1. The molecule has 0 bridgehead atoms. The number of carbonyl (C=O) groups excluding carboxylic acids is 1. The minimum atomic E-state index is -0.448. The van der Waals surface area contributed by atoms with Gasteiger partial charge in [0, 0.05) is 13.1 Å². The van der Waals surface area contributed by atoms with Crippen molar-refractivity contribution in [2.75, 3.05) is 33.7 Å². The molecule has 0 radical (unpaired) electrons. The standard InChI is InChI=1S/C11H15NO4/c1-12-8-5-7(11(13)16-4)9(14-2)6-10(8)15-3/h5-6,12H,1-4H3. The van der Waals surface area contributed by atoms with Gasteiger partial charge in [0.2, 0.25) is 0 Å². The Labute approximate surface area is 94.3 Å². The first-order valence-corrected chi connectivity index (χ1v) is 4.70. The van der Waals surface area contributed by atoms with Gasteiger partial charge in [0.25, 0.3) is 0 Å². The second kappa shape index (κ2) is 5.25. The van der Waals surface area contributed by atoms with Crippen molar-refractivity contribution in [3.05, 3.63) is 17.7 Å². The number of hydrogen-bond acceptors (Lipinski definition) is 5. The number of benzene rings is 1. The maximum atomic E-state index is 11.5. The molecule has 0 aliphatic rings. The highest BCUT2D eigenvalue weighted by Crippen LogP contribution is 2.32. The van der Waals surface area contributed by atoms with Gasteiger partial charge in [-0.15, -0.1) is 0 Å². The Morgan fingerprint density at radius 1 is 1.12 bits per heavy atom. The van der Waals surface area contributed by atoms with E-state index in [-0.39, 0.29) is 0 Å². The van der Waals surface area contributed by atoms with E-state index in [1.807, 2.05) is 0 Å². The first-order valence-electron chi connectivity index (χ1n) is 4.70. The SMILES string of the molecule is CNc1cc(C(=O)OC)c(OC)cc1OC. The van der Waals surface area contributed by atoms with E-state index in [4.69, 9.17) is 9.47 Å². The molecule has 0 atom stereocenters. The fourth-order valence-corrected chi connectivity index (χ4v) is 1.36. The second-order valence-electron chi connectivity index (χ2n) is 2.99. The van der Waals surface area contributed by atoms with Crippen molar-refractivity contribution in [3.63, 3.8) is 0 Å². The maximum absolute atomic E-state index is 11.5. The largest absolute Gasteiger partial charge is 0.496 e. The molecule has 5 nitrogen and oxygen atoms in total. The Morgan fingerprint density at radius 3 is 2.19 bits per heavy atom. The molecular formula is C11H15NO4. The average Bonchev–Trinajstić information content (AvgIpc) is 2.35. The normalized spacial score (nSPS) is 9.50. The highest BCUT2D eigenvalue weighted by molar-refractivity contribution is 5.94.